The third kappa shape index (κ3) is 3.88. The molecule has 1 amide bonds. The van der Waals surface area contributed by atoms with E-state index in [-0.39, 0.29) is 24.6 Å². The fraction of sp³-hybridized carbons (Fsp3) is 0.263. The maximum absolute atomic E-state index is 12.8. The molecular formula is C19H20N4O3. The zero-order chi connectivity index (χ0) is 18.5. The largest absolute Gasteiger partial charge is 0.461 e. The Labute approximate surface area is 151 Å². The van der Waals surface area contributed by atoms with Crippen molar-refractivity contribution >= 4 is 29.1 Å². The van der Waals surface area contributed by atoms with Gasteiger partial charge in [0.15, 0.2) is 0 Å². The van der Waals surface area contributed by atoms with Gasteiger partial charge in [-0.2, -0.15) is 5.10 Å². The Morgan fingerprint density at radius 2 is 1.96 bits per heavy atom. The van der Waals surface area contributed by atoms with E-state index in [2.05, 4.69) is 15.4 Å². The molecule has 1 N–H and O–H groups in total. The summed E-state index contributed by atoms with van der Waals surface area (Å²) in [4.78, 5) is 29.2. The lowest BCUT2D eigenvalue weighted by molar-refractivity contribution is -0.135. The number of aryl methyl sites for hydroxylation is 1. The van der Waals surface area contributed by atoms with Crippen molar-refractivity contribution < 1.29 is 14.3 Å². The Balaban J connectivity index is 1.84. The van der Waals surface area contributed by atoms with Crippen LogP contribution in [0.3, 0.4) is 0 Å². The summed E-state index contributed by atoms with van der Waals surface area (Å²) in [6.45, 7) is 3.84. The Kier molecular flexibility index (Phi) is 5.26. The molecule has 1 atom stereocenters. The predicted octanol–water partition coefficient (Wildman–Crippen LogP) is 2.53. The molecule has 1 unspecified atom stereocenters. The maximum atomic E-state index is 12.8. The molecule has 1 aliphatic rings. The van der Waals surface area contributed by atoms with Gasteiger partial charge in [-0.15, -0.1) is 0 Å². The summed E-state index contributed by atoms with van der Waals surface area (Å²) in [6, 6.07) is 14.0. The van der Waals surface area contributed by atoms with Crippen LogP contribution in [0.1, 0.15) is 19.0 Å². The van der Waals surface area contributed by atoms with Gasteiger partial charge in [-0.1, -0.05) is 24.3 Å². The highest BCUT2D eigenvalue weighted by atomic mass is 16.5. The number of pyridine rings is 1. The van der Waals surface area contributed by atoms with Crippen LogP contribution in [0, 0.1) is 6.92 Å². The van der Waals surface area contributed by atoms with Crippen LogP contribution in [0.15, 0.2) is 53.6 Å². The lowest BCUT2D eigenvalue weighted by atomic mass is 10.1. The van der Waals surface area contributed by atoms with Gasteiger partial charge in [-0.25, -0.2) is 9.78 Å². The van der Waals surface area contributed by atoms with Gasteiger partial charge in [0.05, 0.1) is 12.3 Å². The van der Waals surface area contributed by atoms with Gasteiger partial charge in [-0.05, 0) is 38.1 Å². The number of aromatic nitrogens is 1. The lowest BCUT2D eigenvalue weighted by Gasteiger charge is -2.22. The fourth-order valence-corrected chi connectivity index (χ4v) is 2.69. The van der Waals surface area contributed by atoms with Gasteiger partial charge in [0.2, 0.25) is 0 Å². The summed E-state index contributed by atoms with van der Waals surface area (Å²) in [7, 11) is 0. The van der Waals surface area contributed by atoms with Crippen molar-refractivity contribution in [3.8, 4) is 0 Å². The molecule has 0 spiro atoms. The van der Waals surface area contributed by atoms with Crippen molar-refractivity contribution in [3.05, 3.63) is 54.2 Å². The van der Waals surface area contributed by atoms with Crippen LogP contribution in [0.5, 0.6) is 0 Å². The lowest BCUT2D eigenvalue weighted by Crippen LogP contribution is -2.39. The Bertz CT molecular complexity index is 836. The third-order valence-corrected chi connectivity index (χ3v) is 3.88. The number of amides is 1. The van der Waals surface area contributed by atoms with Gasteiger partial charge in [0.1, 0.15) is 17.6 Å². The van der Waals surface area contributed by atoms with E-state index in [0.717, 1.165) is 11.4 Å². The molecular weight excluding hydrogens is 332 g/mol. The molecule has 0 aliphatic carbocycles. The van der Waals surface area contributed by atoms with Gasteiger partial charge in [0.25, 0.3) is 5.91 Å². The summed E-state index contributed by atoms with van der Waals surface area (Å²) in [5.41, 5.74) is 1.76. The molecule has 0 fully saturated rings. The first-order valence-corrected chi connectivity index (χ1v) is 8.42. The second-order valence-electron chi connectivity index (χ2n) is 5.82. The number of hydrogen-bond acceptors (Lipinski definition) is 6. The Morgan fingerprint density at radius 3 is 2.65 bits per heavy atom. The summed E-state index contributed by atoms with van der Waals surface area (Å²) in [5.74, 6) is -0.319. The van der Waals surface area contributed by atoms with Crippen LogP contribution in [0.2, 0.25) is 0 Å². The maximum Gasteiger partial charge on any atom is 0.354 e. The minimum atomic E-state index is -0.654. The standard InChI is InChI=1S/C19H20N4O3/c1-3-26-19(25)15-12-16(23(22-15)14-9-5-4-6-10-14)18(24)21-17-11-7-8-13(2)20-17/h4-11,16H,3,12H2,1-2H3,(H,20,21,24). The number of carbonyl (C=O) groups is 2. The van der Waals surface area contributed by atoms with E-state index in [1.54, 1.807) is 18.0 Å². The molecule has 0 radical (unpaired) electrons. The average Bonchev–Trinajstić information content (AvgIpc) is 3.08. The highest BCUT2D eigenvalue weighted by Gasteiger charge is 2.37. The van der Waals surface area contributed by atoms with E-state index >= 15 is 0 Å². The molecule has 2 aromatic rings. The van der Waals surface area contributed by atoms with Crippen LogP contribution in [0.4, 0.5) is 11.5 Å². The minimum absolute atomic E-state index is 0.172. The smallest absolute Gasteiger partial charge is 0.354 e. The number of hydrogen-bond donors (Lipinski definition) is 1. The van der Waals surface area contributed by atoms with Crippen LogP contribution in [0.25, 0.3) is 0 Å². The fourth-order valence-electron chi connectivity index (χ4n) is 2.69. The van der Waals surface area contributed by atoms with E-state index in [1.807, 2.05) is 49.4 Å². The van der Waals surface area contributed by atoms with Crippen molar-refractivity contribution in [3.63, 3.8) is 0 Å². The summed E-state index contributed by atoms with van der Waals surface area (Å²) < 4.78 is 5.03. The number of benzene rings is 1. The molecule has 0 saturated carbocycles. The molecule has 1 aromatic carbocycles. The number of nitrogens with zero attached hydrogens (tertiary/aromatic N) is 3. The quantitative estimate of drug-likeness (QED) is 0.836. The zero-order valence-electron chi connectivity index (χ0n) is 14.7. The summed E-state index contributed by atoms with van der Waals surface area (Å²) >= 11 is 0. The minimum Gasteiger partial charge on any atom is -0.461 e. The van der Waals surface area contributed by atoms with E-state index in [4.69, 9.17) is 4.74 Å². The first kappa shape index (κ1) is 17.6. The molecule has 0 bridgehead atoms. The molecule has 3 rings (SSSR count). The molecule has 2 heterocycles. The van der Waals surface area contributed by atoms with E-state index in [1.165, 1.54) is 0 Å². The molecule has 7 nitrogen and oxygen atoms in total. The first-order chi connectivity index (χ1) is 12.6. The van der Waals surface area contributed by atoms with Crippen LogP contribution >= 0.6 is 0 Å². The van der Waals surface area contributed by atoms with Crippen molar-refractivity contribution in [1.29, 1.82) is 0 Å². The first-order valence-electron chi connectivity index (χ1n) is 8.42. The molecule has 1 aliphatic heterocycles. The van der Waals surface area contributed by atoms with E-state index in [9.17, 15) is 9.59 Å². The number of ether oxygens (including phenoxy) is 1. The average molecular weight is 352 g/mol. The van der Waals surface area contributed by atoms with Crippen molar-refractivity contribution in [1.82, 2.24) is 4.98 Å². The van der Waals surface area contributed by atoms with Gasteiger partial charge in [-0.3, -0.25) is 9.80 Å². The normalized spacial score (nSPS) is 16.2. The number of nitrogens with one attached hydrogen (secondary N) is 1. The number of para-hydroxylation sites is 1. The van der Waals surface area contributed by atoms with Gasteiger partial charge >= 0.3 is 5.97 Å². The van der Waals surface area contributed by atoms with Crippen molar-refractivity contribution in [2.24, 2.45) is 5.10 Å². The number of carbonyl (C=O) groups excluding carboxylic acids is 2. The topological polar surface area (TPSA) is 83.9 Å². The third-order valence-electron chi connectivity index (χ3n) is 3.88. The summed E-state index contributed by atoms with van der Waals surface area (Å²) in [5, 5.41) is 8.68. The van der Waals surface area contributed by atoms with Crippen LogP contribution in [-0.4, -0.2) is 35.2 Å². The van der Waals surface area contributed by atoms with Gasteiger partial charge in [0, 0.05) is 12.1 Å². The second kappa shape index (κ2) is 7.77. The molecule has 1 aromatic heterocycles. The number of anilines is 2. The van der Waals surface area contributed by atoms with Crippen LogP contribution in [-0.2, 0) is 14.3 Å². The van der Waals surface area contributed by atoms with Crippen molar-refractivity contribution in [2.45, 2.75) is 26.3 Å². The Hall–Kier alpha value is -3.22. The number of esters is 1. The molecule has 7 heteroatoms. The number of rotatable bonds is 5. The second-order valence-corrected chi connectivity index (χ2v) is 5.82. The zero-order valence-corrected chi connectivity index (χ0v) is 14.7. The molecule has 26 heavy (non-hydrogen) atoms. The predicted molar refractivity (Wildman–Crippen MR) is 99.0 cm³/mol. The molecule has 0 saturated heterocycles. The molecule has 134 valence electrons. The summed E-state index contributed by atoms with van der Waals surface area (Å²) in [6.07, 6.45) is 0.172. The van der Waals surface area contributed by atoms with E-state index < -0.39 is 12.0 Å². The highest BCUT2D eigenvalue weighted by Crippen LogP contribution is 2.25. The Morgan fingerprint density at radius 1 is 1.19 bits per heavy atom. The van der Waals surface area contributed by atoms with Crippen LogP contribution < -0.4 is 10.3 Å². The highest BCUT2D eigenvalue weighted by molar-refractivity contribution is 6.38. The van der Waals surface area contributed by atoms with Crippen molar-refractivity contribution in [2.75, 3.05) is 16.9 Å². The monoisotopic (exact) mass is 352 g/mol. The van der Waals surface area contributed by atoms with Gasteiger partial charge < -0.3 is 10.1 Å². The van der Waals surface area contributed by atoms with E-state index in [0.29, 0.717) is 5.82 Å². The number of hydrazone groups is 1. The SMILES string of the molecule is CCOC(=O)C1=NN(c2ccccc2)C(C(=O)Nc2cccc(C)n2)C1.